The summed E-state index contributed by atoms with van der Waals surface area (Å²) >= 11 is 5.95. The lowest BCUT2D eigenvalue weighted by atomic mass is 10.0. The summed E-state index contributed by atoms with van der Waals surface area (Å²) in [5, 5.41) is 13.1. The van der Waals surface area contributed by atoms with E-state index in [-0.39, 0.29) is 17.2 Å². The number of amides is 3. The molecule has 138 valence electrons. The average molecular weight is 385 g/mol. The number of benzene rings is 2. The molecule has 3 amide bonds. The molecule has 2 aromatic rings. The van der Waals surface area contributed by atoms with E-state index in [0.717, 1.165) is 4.90 Å². The van der Waals surface area contributed by atoms with Crippen LogP contribution in [0.15, 0.2) is 54.8 Å². The molecule has 1 fully saturated rings. The van der Waals surface area contributed by atoms with Gasteiger partial charge in [-0.1, -0.05) is 23.7 Å². The second-order valence-corrected chi connectivity index (χ2v) is 6.27. The molecule has 27 heavy (non-hydrogen) atoms. The van der Waals surface area contributed by atoms with Crippen LogP contribution in [-0.4, -0.2) is 24.2 Å². The molecule has 7 heteroatoms. The number of allylic oxidation sites excluding steroid dienone is 1. The molecule has 0 atom stereocenters. The van der Waals surface area contributed by atoms with Gasteiger partial charge in [0, 0.05) is 10.6 Å². The number of rotatable bonds is 5. The summed E-state index contributed by atoms with van der Waals surface area (Å²) in [5.74, 6) is -0.217. The van der Waals surface area contributed by atoms with Crippen LogP contribution in [-0.2, 0) is 11.2 Å². The van der Waals surface area contributed by atoms with Gasteiger partial charge in [0.15, 0.2) is 11.5 Å². The first kappa shape index (κ1) is 18.5. The van der Waals surface area contributed by atoms with Crippen LogP contribution in [0.4, 0.5) is 10.5 Å². The molecule has 0 aromatic heterocycles. The fraction of sp³-hybridized carbons (Fsp3) is 0.100. The lowest BCUT2D eigenvalue weighted by molar-refractivity contribution is -0.113. The molecule has 1 heterocycles. The standard InChI is InChI=1S/C20H17ClN2O4/c1-3-5-13-8-12(10-17(27-2)18(13)24)9-16-19(25)23(20(26)22-16)15-7-4-6-14(21)11-15/h3-4,6-11,24H,1,5H2,2H3,(H,22,26). The van der Waals surface area contributed by atoms with Gasteiger partial charge < -0.3 is 15.2 Å². The normalized spacial score (nSPS) is 15.2. The van der Waals surface area contributed by atoms with Crippen LogP contribution in [0.2, 0.25) is 5.02 Å². The summed E-state index contributed by atoms with van der Waals surface area (Å²) in [5.41, 5.74) is 1.68. The van der Waals surface area contributed by atoms with Gasteiger partial charge in [0.25, 0.3) is 5.91 Å². The van der Waals surface area contributed by atoms with E-state index in [1.165, 1.54) is 19.3 Å². The van der Waals surface area contributed by atoms with Crippen LogP contribution in [0.5, 0.6) is 11.5 Å². The maximum Gasteiger partial charge on any atom is 0.333 e. The summed E-state index contributed by atoms with van der Waals surface area (Å²) in [6.07, 6.45) is 3.60. The number of phenols is 1. The highest BCUT2D eigenvalue weighted by molar-refractivity contribution is 6.32. The number of anilines is 1. The third-order valence-corrected chi connectivity index (χ3v) is 4.25. The van der Waals surface area contributed by atoms with E-state index < -0.39 is 11.9 Å². The van der Waals surface area contributed by atoms with E-state index in [4.69, 9.17) is 16.3 Å². The Hall–Kier alpha value is -3.25. The number of methoxy groups -OCH3 is 1. The molecule has 2 aromatic carbocycles. The molecule has 0 spiro atoms. The number of ether oxygens (including phenoxy) is 1. The minimum Gasteiger partial charge on any atom is -0.504 e. The van der Waals surface area contributed by atoms with E-state index >= 15 is 0 Å². The highest BCUT2D eigenvalue weighted by atomic mass is 35.5. The number of aromatic hydroxyl groups is 1. The molecule has 0 aliphatic carbocycles. The van der Waals surface area contributed by atoms with Crippen LogP contribution in [0.25, 0.3) is 6.08 Å². The van der Waals surface area contributed by atoms with Crippen LogP contribution < -0.4 is 15.0 Å². The Morgan fingerprint density at radius 1 is 1.30 bits per heavy atom. The zero-order valence-corrected chi connectivity index (χ0v) is 15.3. The number of nitrogens with one attached hydrogen (secondary N) is 1. The fourth-order valence-corrected chi connectivity index (χ4v) is 2.98. The number of halogens is 1. The number of nitrogens with zero attached hydrogens (tertiary/aromatic N) is 1. The molecule has 0 saturated carbocycles. The van der Waals surface area contributed by atoms with Crippen molar-refractivity contribution in [3.8, 4) is 11.5 Å². The van der Waals surface area contributed by atoms with Crippen molar-refractivity contribution >= 4 is 35.3 Å². The van der Waals surface area contributed by atoms with Crippen LogP contribution in [0, 0.1) is 0 Å². The van der Waals surface area contributed by atoms with Crippen molar-refractivity contribution in [2.24, 2.45) is 0 Å². The molecule has 3 rings (SSSR count). The molecular formula is C20H17ClN2O4. The second kappa shape index (κ2) is 7.55. The summed E-state index contributed by atoms with van der Waals surface area (Å²) in [4.78, 5) is 26.0. The van der Waals surface area contributed by atoms with E-state index in [0.29, 0.717) is 28.3 Å². The molecule has 0 radical (unpaired) electrons. The SMILES string of the molecule is C=CCc1cc(C=C2NC(=O)N(c3cccc(Cl)c3)C2=O)cc(OC)c1O. The number of hydrogen-bond acceptors (Lipinski definition) is 4. The maximum absolute atomic E-state index is 12.7. The van der Waals surface area contributed by atoms with Crippen molar-refractivity contribution in [1.29, 1.82) is 0 Å². The Labute approximate surface area is 161 Å². The minimum atomic E-state index is -0.564. The summed E-state index contributed by atoms with van der Waals surface area (Å²) in [7, 11) is 1.44. The van der Waals surface area contributed by atoms with Gasteiger partial charge in [0.05, 0.1) is 12.8 Å². The first-order chi connectivity index (χ1) is 12.9. The fourth-order valence-electron chi connectivity index (χ4n) is 2.79. The third kappa shape index (κ3) is 3.66. The lowest BCUT2D eigenvalue weighted by Gasteiger charge is -2.12. The Bertz CT molecular complexity index is 968. The van der Waals surface area contributed by atoms with E-state index in [2.05, 4.69) is 11.9 Å². The highest BCUT2D eigenvalue weighted by Gasteiger charge is 2.35. The molecule has 0 bridgehead atoms. The summed E-state index contributed by atoms with van der Waals surface area (Å²) in [6, 6.07) is 9.19. The molecule has 0 unspecified atom stereocenters. The first-order valence-corrected chi connectivity index (χ1v) is 8.46. The van der Waals surface area contributed by atoms with Crippen LogP contribution in [0.1, 0.15) is 11.1 Å². The Morgan fingerprint density at radius 2 is 2.07 bits per heavy atom. The first-order valence-electron chi connectivity index (χ1n) is 8.08. The lowest BCUT2D eigenvalue weighted by Crippen LogP contribution is -2.30. The quantitative estimate of drug-likeness (QED) is 0.466. The van der Waals surface area contributed by atoms with Crippen molar-refractivity contribution < 1.29 is 19.4 Å². The minimum absolute atomic E-state index is 0.0156. The van der Waals surface area contributed by atoms with Crippen molar-refractivity contribution in [2.45, 2.75) is 6.42 Å². The number of carbonyl (C=O) groups excluding carboxylic acids is 2. The van der Waals surface area contributed by atoms with Crippen molar-refractivity contribution in [2.75, 3.05) is 12.0 Å². The van der Waals surface area contributed by atoms with Gasteiger partial charge in [0.1, 0.15) is 5.70 Å². The molecular weight excluding hydrogens is 368 g/mol. The van der Waals surface area contributed by atoms with Crippen LogP contribution in [0.3, 0.4) is 0 Å². The number of urea groups is 1. The van der Waals surface area contributed by atoms with Gasteiger partial charge in [-0.05, 0) is 48.4 Å². The van der Waals surface area contributed by atoms with Gasteiger partial charge in [-0.2, -0.15) is 0 Å². The Balaban J connectivity index is 1.98. The molecule has 6 nitrogen and oxygen atoms in total. The molecule has 1 aliphatic rings. The molecule has 1 saturated heterocycles. The summed E-state index contributed by atoms with van der Waals surface area (Å²) < 4.78 is 5.18. The van der Waals surface area contributed by atoms with E-state index in [9.17, 15) is 14.7 Å². The van der Waals surface area contributed by atoms with Crippen molar-refractivity contribution in [3.63, 3.8) is 0 Å². The van der Waals surface area contributed by atoms with Crippen molar-refractivity contribution in [1.82, 2.24) is 5.32 Å². The predicted octanol–water partition coefficient (Wildman–Crippen LogP) is 3.88. The van der Waals surface area contributed by atoms with E-state index in [1.807, 2.05) is 0 Å². The Kier molecular flexibility index (Phi) is 5.19. The zero-order valence-electron chi connectivity index (χ0n) is 14.5. The largest absolute Gasteiger partial charge is 0.504 e. The smallest absolute Gasteiger partial charge is 0.333 e. The monoisotopic (exact) mass is 384 g/mol. The number of hydrogen-bond donors (Lipinski definition) is 2. The van der Waals surface area contributed by atoms with Crippen LogP contribution >= 0.6 is 11.6 Å². The van der Waals surface area contributed by atoms with Gasteiger partial charge in [-0.15, -0.1) is 6.58 Å². The van der Waals surface area contributed by atoms with E-state index in [1.54, 1.807) is 36.4 Å². The van der Waals surface area contributed by atoms with Gasteiger partial charge in [0.2, 0.25) is 0 Å². The summed E-state index contributed by atoms with van der Waals surface area (Å²) in [6.45, 7) is 3.66. The van der Waals surface area contributed by atoms with Gasteiger partial charge >= 0.3 is 6.03 Å². The topological polar surface area (TPSA) is 78.9 Å². The zero-order chi connectivity index (χ0) is 19.6. The number of phenolic OH excluding ortho intramolecular Hbond substituents is 1. The third-order valence-electron chi connectivity index (χ3n) is 4.02. The Morgan fingerprint density at radius 3 is 2.74 bits per heavy atom. The predicted molar refractivity (Wildman–Crippen MR) is 104 cm³/mol. The molecule has 1 aliphatic heterocycles. The number of carbonyl (C=O) groups is 2. The second-order valence-electron chi connectivity index (χ2n) is 5.83. The number of imide groups is 1. The highest BCUT2D eigenvalue weighted by Crippen LogP contribution is 2.33. The maximum atomic E-state index is 12.7. The average Bonchev–Trinajstić information content (AvgIpc) is 2.91. The molecule has 2 N–H and O–H groups in total. The van der Waals surface area contributed by atoms with Crippen molar-refractivity contribution in [3.05, 3.63) is 70.9 Å². The van der Waals surface area contributed by atoms with Gasteiger partial charge in [-0.25, -0.2) is 9.69 Å². The van der Waals surface area contributed by atoms with Gasteiger partial charge in [-0.3, -0.25) is 4.79 Å².